The van der Waals surface area contributed by atoms with E-state index in [0.717, 1.165) is 22.2 Å². The van der Waals surface area contributed by atoms with Crippen LogP contribution in [0.25, 0.3) is 22.3 Å². The molecule has 0 unspecified atom stereocenters. The summed E-state index contributed by atoms with van der Waals surface area (Å²) in [5.41, 5.74) is 3.03. The fraction of sp³-hybridized carbons (Fsp3) is 0.391. The number of rotatable bonds is 2. The van der Waals surface area contributed by atoms with Gasteiger partial charge in [-0.05, 0) is 30.0 Å². The maximum Gasteiger partial charge on any atom is 0.257 e. The van der Waals surface area contributed by atoms with Crippen LogP contribution in [0.15, 0.2) is 35.1 Å². The third-order valence-corrected chi connectivity index (χ3v) is 6.33. The number of halogens is 1. The van der Waals surface area contributed by atoms with Crippen molar-refractivity contribution in [3.63, 3.8) is 0 Å². The maximum absolute atomic E-state index is 14.5. The highest BCUT2D eigenvalue weighted by Crippen LogP contribution is 2.43. The summed E-state index contributed by atoms with van der Waals surface area (Å²) in [6.45, 7) is 6.24. The van der Waals surface area contributed by atoms with Gasteiger partial charge in [-0.1, -0.05) is 39.0 Å². The molecule has 4 heterocycles. The molecule has 5 nitrogen and oxygen atoms in total. The molecule has 0 fully saturated rings. The normalized spacial score (nSPS) is 22.6. The van der Waals surface area contributed by atoms with E-state index in [2.05, 4.69) is 19.9 Å². The predicted octanol–water partition coefficient (Wildman–Crippen LogP) is 3.97. The summed E-state index contributed by atoms with van der Waals surface area (Å²) in [6, 6.07) is 9.71. The third-order valence-electron chi connectivity index (χ3n) is 6.33. The van der Waals surface area contributed by atoms with Crippen LogP contribution in [0.5, 0.6) is 0 Å². The van der Waals surface area contributed by atoms with Crippen molar-refractivity contribution in [1.29, 1.82) is 0 Å². The van der Waals surface area contributed by atoms with Gasteiger partial charge in [0.05, 0.1) is 30.1 Å². The molecule has 6 heteroatoms. The van der Waals surface area contributed by atoms with Crippen LogP contribution in [0, 0.1) is 0 Å². The van der Waals surface area contributed by atoms with E-state index < -0.39 is 12.0 Å². The van der Waals surface area contributed by atoms with Gasteiger partial charge in [-0.3, -0.25) is 4.79 Å². The third kappa shape index (κ3) is 2.39. The van der Waals surface area contributed by atoms with Crippen LogP contribution in [-0.2, 0) is 23.5 Å². The van der Waals surface area contributed by atoms with Gasteiger partial charge in [-0.15, -0.1) is 0 Å². The van der Waals surface area contributed by atoms with E-state index in [4.69, 9.17) is 9.72 Å². The lowest BCUT2D eigenvalue weighted by Gasteiger charge is -2.36. The van der Waals surface area contributed by atoms with Crippen molar-refractivity contribution in [2.45, 2.75) is 58.2 Å². The molecule has 0 saturated heterocycles. The van der Waals surface area contributed by atoms with Gasteiger partial charge >= 0.3 is 0 Å². The molecule has 0 radical (unpaired) electrons. The van der Waals surface area contributed by atoms with E-state index in [1.54, 1.807) is 17.6 Å². The zero-order valence-electron chi connectivity index (χ0n) is 16.7. The fourth-order valence-electron chi connectivity index (χ4n) is 4.80. The Morgan fingerprint density at radius 1 is 1.34 bits per heavy atom. The molecule has 0 aliphatic carbocycles. The van der Waals surface area contributed by atoms with E-state index >= 15 is 0 Å². The number of para-hydroxylation sites is 1. The Kier molecular flexibility index (Phi) is 3.95. The van der Waals surface area contributed by atoms with Gasteiger partial charge in [0.25, 0.3) is 5.56 Å². The Labute approximate surface area is 167 Å². The SMILES string of the molecule is CC[C@]1(O)c2cc3n(c(=O)c2CO[C@H]1F)Cc1c-3nc2ccccc2c1C(C)C. The molecule has 2 atom stereocenters. The smallest absolute Gasteiger partial charge is 0.257 e. The number of hydrogen-bond donors (Lipinski definition) is 1. The number of fused-ring (bicyclic) bond motifs is 5. The zero-order valence-corrected chi connectivity index (χ0v) is 16.7. The number of hydrogen-bond acceptors (Lipinski definition) is 4. The Hall–Kier alpha value is -2.57. The molecule has 0 spiro atoms. The molecule has 2 aliphatic heterocycles. The second-order valence-corrected chi connectivity index (χ2v) is 8.24. The van der Waals surface area contributed by atoms with Gasteiger partial charge in [-0.2, -0.15) is 0 Å². The molecule has 1 aromatic carbocycles. The van der Waals surface area contributed by atoms with E-state index in [9.17, 15) is 14.3 Å². The van der Waals surface area contributed by atoms with Gasteiger partial charge in [-0.25, -0.2) is 9.37 Å². The summed E-state index contributed by atoms with van der Waals surface area (Å²) in [5.74, 6) is 0.252. The molecule has 2 aromatic heterocycles. The molecule has 0 saturated carbocycles. The average Bonchev–Trinajstić information content (AvgIpc) is 3.07. The summed E-state index contributed by atoms with van der Waals surface area (Å²) in [5, 5.41) is 12.0. The number of nitrogens with zero attached hydrogens (tertiary/aromatic N) is 2. The van der Waals surface area contributed by atoms with Crippen LogP contribution >= 0.6 is 0 Å². The highest BCUT2D eigenvalue weighted by atomic mass is 19.1. The summed E-state index contributed by atoms with van der Waals surface area (Å²) < 4.78 is 21.3. The zero-order chi connectivity index (χ0) is 20.5. The molecule has 29 heavy (non-hydrogen) atoms. The van der Waals surface area contributed by atoms with Crippen molar-refractivity contribution in [2.75, 3.05) is 0 Å². The monoisotopic (exact) mass is 394 g/mol. The Morgan fingerprint density at radius 2 is 2.10 bits per heavy atom. The van der Waals surface area contributed by atoms with Crippen LogP contribution in [-0.4, -0.2) is 21.0 Å². The van der Waals surface area contributed by atoms with E-state index in [1.807, 2.05) is 18.2 Å². The highest BCUT2D eigenvalue weighted by molar-refractivity contribution is 5.88. The van der Waals surface area contributed by atoms with Crippen LogP contribution in [0.2, 0.25) is 0 Å². The lowest BCUT2D eigenvalue weighted by atomic mass is 9.85. The van der Waals surface area contributed by atoms with Crippen LogP contribution in [0.3, 0.4) is 0 Å². The van der Waals surface area contributed by atoms with Gasteiger partial charge in [0.15, 0.2) is 0 Å². The minimum absolute atomic E-state index is 0.110. The quantitative estimate of drug-likeness (QED) is 0.559. The molecule has 3 aromatic rings. The lowest BCUT2D eigenvalue weighted by Crippen LogP contribution is -2.45. The van der Waals surface area contributed by atoms with Gasteiger partial charge in [0, 0.05) is 22.1 Å². The molecule has 5 rings (SSSR count). The second kappa shape index (κ2) is 6.21. The molecule has 0 amide bonds. The molecule has 0 bridgehead atoms. The molecule has 2 aliphatic rings. The van der Waals surface area contributed by atoms with Crippen molar-refractivity contribution in [3.8, 4) is 11.4 Å². The van der Waals surface area contributed by atoms with Gasteiger partial charge in [0.2, 0.25) is 6.36 Å². The standard InChI is InChI=1S/C23H23FN2O3/c1-4-23(28)16-9-18-20-14(10-26(18)21(27)15(16)11-29-22(23)24)19(12(2)3)13-7-5-6-8-17(13)25-20/h5-9,12,22,28H,4,10-11H2,1-3H3/t22-,23+/m1/s1. The first-order valence-corrected chi connectivity index (χ1v) is 10.0. The highest BCUT2D eigenvalue weighted by Gasteiger charge is 2.45. The summed E-state index contributed by atoms with van der Waals surface area (Å²) in [7, 11) is 0. The summed E-state index contributed by atoms with van der Waals surface area (Å²) >= 11 is 0. The van der Waals surface area contributed by atoms with E-state index in [0.29, 0.717) is 23.4 Å². The lowest BCUT2D eigenvalue weighted by molar-refractivity contribution is -0.198. The van der Waals surface area contributed by atoms with E-state index in [1.165, 1.54) is 5.56 Å². The number of ether oxygens (including phenoxy) is 1. The second-order valence-electron chi connectivity index (χ2n) is 8.24. The first kappa shape index (κ1) is 18.5. The molecular formula is C23H23FN2O3. The maximum atomic E-state index is 14.5. The van der Waals surface area contributed by atoms with Crippen molar-refractivity contribution in [3.05, 3.63) is 62.9 Å². The first-order valence-electron chi connectivity index (χ1n) is 10.0. The fourth-order valence-corrected chi connectivity index (χ4v) is 4.80. The number of benzene rings is 1. The van der Waals surface area contributed by atoms with Crippen molar-refractivity contribution in [2.24, 2.45) is 0 Å². The molecular weight excluding hydrogens is 371 g/mol. The van der Waals surface area contributed by atoms with Crippen molar-refractivity contribution >= 4 is 10.9 Å². The Bertz CT molecular complexity index is 1220. The van der Waals surface area contributed by atoms with Gasteiger partial charge < -0.3 is 14.4 Å². The van der Waals surface area contributed by atoms with Crippen LogP contribution in [0.1, 0.15) is 55.4 Å². The number of pyridine rings is 2. The Balaban J connectivity index is 1.84. The minimum atomic E-state index is -1.86. The largest absolute Gasteiger partial charge is 0.379 e. The predicted molar refractivity (Wildman–Crippen MR) is 109 cm³/mol. The number of alkyl halides is 1. The minimum Gasteiger partial charge on any atom is -0.379 e. The van der Waals surface area contributed by atoms with E-state index in [-0.39, 0.29) is 24.5 Å². The summed E-state index contributed by atoms with van der Waals surface area (Å²) in [4.78, 5) is 18.1. The van der Waals surface area contributed by atoms with Gasteiger partial charge in [0.1, 0.15) is 5.60 Å². The van der Waals surface area contributed by atoms with Crippen LogP contribution in [0.4, 0.5) is 4.39 Å². The number of aromatic nitrogens is 2. The Morgan fingerprint density at radius 3 is 2.83 bits per heavy atom. The average molecular weight is 394 g/mol. The van der Waals surface area contributed by atoms with Crippen LogP contribution < -0.4 is 5.56 Å². The van der Waals surface area contributed by atoms with Crippen molar-refractivity contribution < 1.29 is 14.2 Å². The summed E-state index contributed by atoms with van der Waals surface area (Å²) in [6.07, 6.45) is -1.75. The first-order chi connectivity index (χ1) is 13.9. The molecule has 1 N–H and O–H groups in total. The number of aliphatic hydroxyl groups is 1. The molecule has 150 valence electrons. The van der Waals surface area contributed by atoms with Crippen molar-refractivity contribution in [1.82, 2.24) is 9.55 Å². The topological polar surface area (TPSA) is 64.4 Å².